The Morgan fingerprint density at radius 3 is 1.29 bits per heavy atom. The van der Waals surface area contributed by atoms with Gasteiger partial charge in [-0.1, -0.05) is 57.2 Å². The highest BCUT2D eigenvalue weighted by Crippen LogP contribution is 2.09. The second-order valence-corrected chi connectivity index (χ2v) is 3.68. The smallest absolute Gasteiger partial charge is 0.0239 e. The van der Waals surface area contributed by atoms with Gasteiger partial charge < -0.3 is 0 Å². The highest BCUT2D eigenvalue weighted by molar-refractivity contribution is 4.98. The van der Waals surface area contributed by atoms with E-state index in [1.54, 1.807) is 0 Å². The molecule has 0 aliphatic carbocycles. The molecule has 0 radical (unpaired) electrons. The summed E-state index contributed by atoms with van der Waals surface area (Å²) in [5, 5.41) is 0. The minimum absolute atomic E-state index is 0.736. The van der Waals surface area contributed by atoms with Gasteiger partial charge in [-0.15, -0.1) is 0 Å². The molecule has 0 bridgehead atoms. The third-order valence-corrected chi connectivity index (χ3v) is 2.04. The van der Waals surface area contributed by atoms with E-state index in [1.165, 1.54) is 0 Å². The van der Waals surface area contributed by atoms with E-state index in [0.717, 1.165) is 11.8 Å². The van der Waals surface area contributed by atoms with Crippen molar-refractivity contribution in [2.45, 2.75) is 41.5 Å². The summed E-state index contributed by atoms with van der Waals surface area (Å²) in [6.07, 6.45) is 12.4. The Morgan fingerprint density at radius 2 is 1.14 bits per heavy atom. The number of hydrogen-bond acceptors (Lipinski definition) is 0. The standard InChI is InChI=1S/C8H16.C6H10/c1-5-6-8(4)7(2)3;1-3-5-6-4-2/h5-8H,1-4H3;3-6H,1-2H3. The molecule has 0 heteroatoms. The molecule has 14 heavy (non-hydrogen) atoms. The van der Waals surface area contributed by atoms with Crippen LogP contribution in [-0.2, 0) is 0 Å². The first-order valence-corrected chi connectivity index (χ1v) is 5.46. The molecular weight excluding hydrogens is 168 g/mol. The Morgan fingerprint density at radius 1 is 0.714 bits per heavy atom. The second kappa shape index (κ2) is 12.2. The summed E-state index contributed by atoms with van der Waals surface area (Å²) in [5.41, 5.74) is 0. The quantitative estimate of drug-likeness (QED) is 0.438. The van der Waals surface area contributed by atoms with E-state index in [9.17, 15) is 0 Å². The molecule has 0 aromatic heterocycles. The maximum Gasteiger partial charge on any atom is -0.0239 e. The Bertz CT molecular complexity index is 160. The van der Waals surface area contributed by atoms with Crippen molar-refractivity contribution in [1.82, 2.24) is 0 Å². The lowest BCUT2D eigenvalue weighted by Gasteiger charge is -2.08. The first-order chi connectivity index (χ1) is 6.59. The van der Waals surface area contributed by atoms with Crippen LogP contribution < -0.4 is 0 Å². The molecule has 0 saturated carbocycles. The normalized spacial score (nSPS) is 13.9. The molecule has 1 unspecified atom stereocenters. The van der Waals surface area contributed by atoms with E-state index in [1.807, 2.05) is 38.2 Å². The lowest BCUT2D eigenvalue weighted by atomic mass is 9.98. The lowest BCUT2D eigenvalue weighted by Crippen LogP contribution is -1.98. The third kappa shape index (κ3) is 13.8. The van der Waals surface area contributed by atoms with Crippen molar-refractivity contribution in [2.24, 2.45) is 11.8 Å². The molecule has 0 amide bonds. The van der Waals surface area contributed by atoms with Gasteiger partial charge in [0.2, 0.25) is 0 Å². The van der Waals surface area contributed by atoms with Crippen LogP contribution in [0.1, 0.15) is 41.5 Å². The highest BCUT2D eigenvalue weighted by atomic mass is 14.0. The van der Waals surface area contributed by atoms with Crippen molar-refractivity contribution in [3.8, 4) is 0 Å². The van der Waals surface area contributed by atoms with E-state index in [4.69, 9.17) is 0 Å². The summed E-state index contributed by atoms with van der Waals surface area (Å²) >= 11 is 0. The van der Waals surface area contributed by atoms with Crippen molar-refractivity contribution in [3.05, 3.63) is 36.5 Å². The Hall–Kier alpha value is -0.780. The van der Waals surface area contributed by atoms with E-state index in [0.29, 0.717) is 0 Å². The van der Waals surface area contributed by atoms with Crippen molar-refractivity contribution in [3.63, 3.8) is 0 Å². The second-order valence-electron chi connectivity index (χ2n) is 3.68. The summed E-state index contributed by atoms with van der Waals surface area (Å²) < 4.78 is 0. The molecule has 0 aliphatic rings. The van der Waals surface area contributed by atoms with Gasteiger partial charge in [-0.05, 0) is 32.6 Å². The van der Waals surface area contributed by atoms with Gasteiger partial charge in [-0.3, -0.25) is 0 Å². The van der Waals surface area contributed by atoms with Crippen LogP contribution in [0.5, 0.6) is 0 Å². The fourth-order valence-corrected chi connectivity index (χ4v) is 0.748. The monoisotopic (exact) mass is 194 g/mol. The van der Waals surface area contributed by atoms with Gasteiger partial charge in [0.15, 0.2) is 0 Å². The number of hydrogen-bond donors (Lipinski definition) is 0. The first-order valence-electron chi connectivity index (χ1n) is 5.46. The number of rotatable bonds is 3. The van der Waals surface area contributed by atoms with Crippen molar-refractivity contribution < 1.29 is 0 Å². The zero-order chi connectivity index (χ0) is 11.4. The fraction of sp³-hybridized carbons (Fsp3) is 0.571. The molecule has 0 saturated heterocycles. The van der Waals surface area contributed by atoms with Gasteiger partial charge >= 0.3 is 0 Å². The van der Waals surface area contributed by atoms with Crippen LogP contribution in [-0.4, -0.2) is 0 Å². The van der Waals surface area contributed by atoms with Gasteiger partial charge in [0.25, 0.3) is 0 Å². The molecule has 0 rings (SSSR count). The van der Waals surface area contributed by atoms with Crippen molar-refractivity contribution in [2.75, 3.05) is 0 Å². The van der Waals surface area contributed by atoms with E-state index in [-0.39, 0.29) is 0 Å². The highest BCUT2D eigenvalue weighted by Gasteiger charge is 1.99. The summed E-state index contributed by atoms with van der Waals surface area (Å²) in [5.74, 6) is 1.52. The summed E-state index contributed by atoms with van der Waals surface area (Å²) in [6.45, 7) is 12.8. The predicted molar refractivity (Wildman–Crippen MR) is 68.4 cm³/mol. The fourth-order valence-electron chi connectivity index (χ4n) is 0.748. The largest absolute Gasteiger partial charge is 0.0914 e. The molecule has 0 N–H and O–H groups in total. The zero-order valence-corrected chi connectivity index (χ0v) is 10.6. The molecule has 0 spiro atoms. The van der Waals surface area contributed by atoms with Gasteiger partial charge in [-0.25, -0.2) is 0 Å². The lowest BCUT2D eigenvalue weighted by molar-refractivity contribution is 0.504. The maximum absolute atomic E-state index is 2.24. The van der Waals surface area contributed by atoms with Crippen LogP contribution in [0.2, 0.25) is 0 Å². The third-order valence-electron chi connectivity index (χ3n) is 2.04. The summed E-state index contributed by atoms with van der Waals surface area (Å²) in [7, 11) is 0. The van der Waals surface area contributed by atoms with E-state index < -0.39 is 0 Å². The Labute approximate surface area is 90.4 Å². The minimum atomic E-state index is 0.736. The predicted octanol–water partition coefficient (Wildman–Crippen LogP) is 4.99. The molecule has 1 atom stereocenters. The van der Waals surface area contributed by atoms with Crippen LogP contribution in [0, 0.1) is 11.8 Å². The molecule has 0 aromatic carbocycles. The van der Waals surface area contributed by atoms with Crippen molar-refractivity contribution >= 4 is 0 Å². The van der Waals surface area contributed by atoms with Crippen LogP contribution in [0.25, 0.3) is 0 Å². The van der Waals surface area contributed by atoms with Crippen LogP contribution >= 0.6 is 0 Å². The van der Waals surface area contributed by atoms with Crippen molar-refractivity contribution in [1.29, 1.82) is 0 Å². The first kappa shape index (κ1) is 15.7. The van der Waals surface area contributed by atoms with E-state index >= 15 is 0 Å². The topological polar surface area (TPSA) is 0 Å². The Balaban J connectivity index is 0. The SMILES string of the molecule is CC=CC(C)C(C)C.CC=CC=CC. The zero-order valence-electron chi connectivity index (χ0n) is 10.6. The average Bonchev–Trinajstić information content (AvgIpc) is 2.16. The molecule has 0 fully saturated rings. The average molecular weight is 194 g/mol. The van der Waals surface area contributed by atoms with Gasteiger partial charge in [-0.2, -0.15) is 0 Å². The molecule has 82 valence electrons. The van der Waals surface area contributed by atoms with Crippen LogP contribution in [0.4, 0.5) is 0 Å². The maximum atomic E-state index is 2.24. The molecule has 0 heterocycles. The molecular formula is C14H26. The Kier molecular flexibility index (Phi) is 13.7. The molecule has 0 aliphatic heterocycles. The molecule has 0 aromatic rings. The summed E-state index contributed by atoms with van der Waals surface area (Å²) in [4.78, 5) is 0. The molecule has 0 nitrogen and oxygen atoms in total. The van der Waals surface area contributed by atoms with Crippen LogP contribution in [0.15, 0.2) is 36.5 Å². The van der Waals surface area contributed by atoms with Gasteiger partial charge in [0.05, 0.1) is 0 Å². The van der Waals surface area contributed by atoms with Gasteiger partial charge in [0, 0.05) is 0 Å². The minimum Gasteiger partial charge on any atom is -0.0914 e. The van der Waals surface area contributed by atoms with E-state index in [2.05, 4.69) is 39.8 Å². The van der Waals surface area contributed by atoms with Crippen LogP contribution in [0.3, 0.4) is 0 Å². The summed E-state index contributed by atoms with van der Waals surface area (Å²) in [6, 6.07) is 0. The number of allylic oxidation sites excluding steroid dienone is 6. The van der Waals surface area contributed by atoms with Gasteiger partial charge in [0.1, 0.15) is 0 Å².